The van der Waals surface area contributed by atoms with Crippen molar-refractivity contribution in [3.8, 4) is 0 Å². The zero-order valence-electron chi connectivity index (χ0n) is 11.5. The summed E-state index contributed by atoms with van der Waals surface area (Å²) in [6.45, 7) is 10.1. The van der Waals surface area contributed by atoms with Gasteiger partial charge in [-0.25, -0.2) is 0 Å². The van der Waals surface area contributed by atoms with E-state index in [1.54, 1.807) is 6.92 Å². The fraction of sp³-hybridized carbons (Fsp3) is 0.846. The van der Waals surface area contributed by atoms with Crippen molar-refractivity contribution in [1.29, 1.82) is 0 Å². The van der Waals surface area contributed by atoms with E-state index in [-0.39, 0.29) is 22.7 Å². The van der Waals surface area contributed by atoms with Gasteiger partial charge in [-0.2, -0.15) is 0 Å². The van der Waals surface area contributed by atoms with Crippen LogP contribution in [0.2, 0.25) is 0 Å². The minimum atomic E-state index is -0.602. The average molecular weight is 240 g/mol. The maximum Gasteiger partial charge on any atom is 0.239 e. The third-order valence-electron chi connectivity index (χ3n) is 4.02. The molecule has 1 fully saturated rings. The molecule has 0 aromatic heterocycles. The number of nitrogens with one attached hydrogen (secondary N) is 1. The van der Waals surface area contributed by atoms with Gasteiger partial charge in [-0.3, -0.25) is 9.59 Å². The van der Waals surface area contributed by atoms with Gasteiger partial charge < -0.3 is 11.1 Å². The summed E-state index contributed by atoms with van der Waals surface area (Å²) in [5.74, 6) is -0.618. The highest BCUT2D eigenvalue weighted by molar-refractivity contribution is 5.88. The zero-order chi connectivity index (χ0) is 13.4. The topological polar surface area (TPSA) is 72.2 Å². The first-order chi connectivity index (χ1) is 7.58. The van der Waals surface area contributed by atoms with Gasteiger partial charge in [-0.1, -0.05) is 27.7 Å². The summed E-state index contributed by atoms with van der Waals surface area (Å²) in [6.07, 6.45) is 2.06. The van der Waals surface area contributed by atoms with Gasteiger partial charge in [0.1, 0.15) is 6.04 Å². The molecule has 0 bridgehead atoms. The molecular formula is C13H24N2O2. The standard InChI is InChI=1S/C13H24N2O2/c1-8(10(14)16)15-11(17)9-12(2,3)6-7-13(9,4)5/h8-9H,6-7H2,1-5H3,(H2,14,16)(H,15,17). The van der Waals surface area contributed by atoms with E-state index >= 15 is 0 Å². The molecule has 1 unspecified atom stereocenters. The van der Waals surface area contributed by atoms with Crippen LogP contribution in [0.25, 0.3) is 0 Å². The average Bonchev–Trinajstić information content (AvgIpc) is 2.35. The lowest BCUT2D eigenvalue weighted by Gasteiger charge is -2.34. The molecule has 98 valence electrons. The molecule has 0 heterocycles. The van der Waals surface area contributed by atoms with Gasteiger partial charge in [0.05, 0.1) is 0 Å². The van der Waals surface area contributed by atoms with Crippen LogP contribution in [0.4, 0.5) is 0 Å². The Morgan fingerprint density at radius 2 is 1.59 bits per heavy atom. The number of hydrogen-bond donors (Lipinski definition) is 2. The van der Waals surface area contributed by atoms with Gasteiger partial charge in [0.25, 0.3) is 0 Å². The van der Waals surface area contributed by atoms with E-state index in [0.717, 1.165) is 12.8 Å². The summed E-state index contributed by atoms with van der Waals surface area (Å²) in [5, 5.41) is 2.72. The largest absolute Gasteiger partial charge is 0.368 e. The second-order valence-corrected chi connectivity index (χ2v) is 6.54. The molecule has 17 heavy (non-hydrogen) atoms. The van der Waals surface area contributed by atoms with Crippen molar-refractivity contribution in [2.75, 3.05) is 0 Å². The molecule has 0 aromatic rings. The number of carbonyl (C=O) groups is 2. The molecule has 0 radical (unpaired) electrons. The molecule has 1 saturated carbocycles. The molecule has 3 N–H and O–H groups in total. The molecular weight excluding hydrogens is 216 g/mol. The summed E-state index contributed by atoms with van der Waals surface area (Å²) >= 11 is 0. The van der Waals surface area contributed by atoms with E-state index in [1.807, 2.05) is 0 Å². The van der Waals surface area contributed by atoms with Crippen molar-refractivity contribution in [2.24, 2.45) is 22.5 Å². The van der Waals surface area contributed by atoms with E-state index in [2.05, 4.69) is 33.0 Å². The number of rotatable bonds is 3. The summed E-state index contributed by atoms with van der Waals surface area (Å²) in [4.78, 5) is 23.3. The Balaban J connectivity index is 2.83. The van der Waals surface area contributed by atoms with E-state index in [4.69, 9.17) is 5.73 Å². The summed E-state index contributed by atoms with van der Waals surface area (Å²) in [7, 11) is 0. The highest BCUT2D eigenvalue weighted by Gasteiger charge is 2.50. The predicted octanol–water partition coefficient (Wildman–Crippen LogP) is 1.44. The van der Waals surface area contributed by atoms with Gasteiger partial charge in [-0.05, 0) is 30.6 Å². The molecule has 0 aromatic carbocycles. The van der Waals surface area contributed by atoms with Crippen LogP contribution in [0, 0.1) is 16.7 Å². The first-order valence-electron chi connectivity index (χ1n) is 6.17. The molecule has 1 aliphatic carbocycles. The van der Waals surface area contributed by atoms with Crippen molar-refractivity contribution in [3.63, 3.8) is 0 Å². The predicted molar refractivity (Wildman–Crippen MR) is 67.1 cm³/mol. The normalized spacial score (nSPS) is 24.3. The van der Waals surface area contributed by atoms with E-state index in [0.29, 0.717) is 0 Å². The first kappa shape index (κ1) is 14.0. The van der Waals surface area contributed by atoms with Gasteiger partial charge in [0.2, 0.25) is 11.8 Å². The maximum absolute atomic E-state index is 12.3. The fourth-order valence-electron chi connectivity index (χ4n) is 3.07. The van der Waals surface area contributed by atoms with E-state index in [9.17, 15) is 9.59 Å². The third kappa shape index (κ3) is 2.79. The van der Waals surface area contributed by atoms with Crippen LogP contribution in [-0.2, 0) is 9.59 Å². The lowest BCUT2D eigenvalue weighted by atomic mass is 9.72. The van der Waals surface area contributed by atoms with Crippen LogP contribution in [0.3, 0.4) is 0 Å². The maximum atomic E-state index is 12.3. The number of amides is 2. The highest BCUT2D eigenvalue weighted by Crippen LogP contribution is 2.53. The van der Waals surface area contributed by atoms with Crippen LogP contribution in [0.1, 0.15) is 47.5 Å². The second-order valence-electron chi connectivity index (χ2n) is 6.54. The molecule has 0 saturated heterocycles. The van der Waals surface area contributed by atoms with Crippen LogP contribution in [0.5, 0.6) is 0 Å². The summed E-state index contributed by atoms with van der Waals surface area (Å²) < 4.78 is 0. The van der Waals surface area contributed by atoms with Crippen molar-refractivity contribution in [3.05, 3.63) is 0 Å². The molecule has 1 atom stereocenters. The van der Waals surface area contributed by atoms with Crippen LogP contribution in [-0.4, -0.2) is 17.9 Å². The Hall–Kier alpha value is -1.06. The minimum Gasteiger partial charge on any atom is -0.368 e. The fourth-order valence-corrected chi connectivity index (χ4v) is 3.07. The molecule has 2 amide bonds. The number of primary amides is 1. The van der Waals surface area contributed by atoms with Crippen molar-refractivity contribution in [2.45, 2.75) is 53.5 Å². The van der Waals surface area contributed by atoms with E-state index in [1.165, 1.54) is 0 Å². The SMILES string of the molecule is CC(NC(=O)C1C(C)(C)CCC1(C)C)C(N)=O. The Morgan fingerprint density at radius 1 is 1.18 bits per heavy atom. The smallest absolute Gasteiger partial charge is 0.239 e. The zero-order valence-corrected chi connectivity index (χ0v) is 11.5. The highest BCUT2D eigenvalue weighted by atomic mass is 16.2. The van der Waals surface area contributed by atoms with Gasteiger partial charge in [0, 0.05) is 5.92 Å². The molecule has 1 aliphatic rings. The summed E-state index contributed by atoms with van der Waals surface area (Å²) in [6, 6.07) is -0.602. The van der Waals surface area contributed by atoms with Gasteiger partial charge in [-0.15, -0.1) is 0 Å². The Labute approximate surface area is 103 Å². The minimum absolute atomic E-state index is 0.0229. The van der Waals surface area contributed by atoms with Crippen LogP contribution >= 0.6 is 0 Å². The third-order valence-corrected chi connectivity index (χ3v) is 4.02. The first-order valence-corrected chi connectivity index (χ1v) is 6.17. The quantitative estimate of drug-likeness (QED) is 0.783. The van der Waals surface area contributed by atoms with Gasteiger partial charge >= 0.3 is 0 Å². The number of nitrogens with two attached hydrogens (primary N) is 1. The van der Waals surface area contributed by atoms with E-state index < -0.39 is 11.9 Å². The lowest BCUT2D eigenvalue weighted by molar-refractivity contribution is -0.134. The van der Waals surface area contributed by atoms with Crippen LogP contribution in [0.15, 0.2) is 0 Å². The number of carbonyl (C=O) groups excluding carboxylic acids is 2. The molecule has 4 heteroatoms. The van der Waals surface area contributed by atoms with Crippen LogP contribution < -0.4 is 11.1 Å². The Bertz CT molecular complexity index is 318. The lowest BCUT2D eigenvalue weighted by Crippen LogP contribution is -2.49. The Kier molecular flexibility index (Phi) is 3.55. The molecule has 4 nitrogen and oxygen atoms in total. The summed E-state index contributed by atoms with van der Waals surface area (Å²) in [5.41, 5.74) is 5.12. The van der Waals surface area contributed by atoms with Crippen molar-refractivity contribution >= 4 is 11.8 Å². The molecule has 1 rings (SSSR count). The second kappa shape index (κ2) is 4.31. The molecule has 0 spiro atoms. The van der Waals surface area contributed by atoms with Gasteiger partial charge in [0.15, 0.2) is 0 Å². The van der Waals surface area contributed by atoms with Crippen molar-refractivity contribution < 1.29 is 9.59 Å². The monoisotopic (exact) mass is 240 g/mol. The van der Waals surface area contributed by atoms with Crippen molar-refractivity contribution in [1.82, 2.24) is 5.32 Å². The number of hydrogen-bond acceptors (Lipinski definition) is 2. The Morgan fingerprint density at radius 3 is 1.94 bits per heavy atom. The molecule has 0 aliphatic heterocycles.